The Morgan fingerprint density at radius 3 is 2.87 bits per heavy atom. The molecule has 3 aromatic rings. The van der Waals surface area contributed by atoms with E-state index in [2.05, 4.69) is 22.2 Å². The Balaban J connectivity index is 1.28. The van der Waals surface area contributed by atoms with Crippen LogP contribution in [0.15, 0.2) is 18.5 Å². The Morgan fingerprint density at radius 1 is 1.34 bits per heavy atom. The van der Waals surface area contributed by atoms with Crippen molar-refractivity contribution < 1.29 is 20.0 Å². The molecular formula is C29H36N5O3S+. The first-order valence-electron chi connectivity index (χ1n) is 13.6. The number of nitrogens with zero attached hydrogens (tertiary/aromatic N) is 2. The SMILES string of the molecule is CC1CC(O)C2(C1)CC2C(=O)[C@H]1CCc2c(sc3ncnc(Nc4cc(C=[NH2+])c(N)cc4OC(C)C)c23)C1. The zero-order valence-electron chi connectivity index (χ0n) is 22.2. The van der Waals surface area contributed by atoms with Crippen molar-refractivity contribution in [1.29, 1.82) is 0 Å². The summed E-state index contributed by atoms with van der Waals surface area (Å²) in [6.07, 6.45) is 7.73. The Labute approximate surface area is 226 Å². The van der Waals surface area contributed by atoms with Gasteiger partial charge in [0, 0.05) is 33.9 Å². The largest absolute Gasteiger partial charge is 0.489 e. The van der Waals surface area contributed by atoms with Gasteiger partial charge in [-0.05, 0) is 69.9 Å². The van der Waals surface area contributed by atoms with Crippen molar-refractivity contribution in [1.82, 2.24) is 9.97 Å². The van der Waals surface area contributed by atoms with Crippen LogP contribution in [0.5, 0.6) is 5.75 Å². The monoisotopic (exact) mass is 534 g/mol. The topological polar surface area (TPSA) is 136 Å². The second-order valence-corrected chi connectivity index (χ2v) is 12.8. The number of nitrogens with two attached hydrogens (primary N) is 2. The summed E-state index contributed by atoms with van der Waals surface area (Å²) >= 11 is 1.66. The number of fused-ring (bicyclic) bond motifs is 3. The Hall–Kier alpha value is -3.04. The van der Waals surface area contributed by atoms with Gasteiger partial charge in [0.2, 0.25) is 0 Å². The van der Waals surface area contributed by atoms with Crippen molar-refractivity contribution in [2.24, 2.45) is 23.2 Å². The van der Waals surface area contributed by atoms with E-state index in [4.69, 9.17) is 15.9 Å². The van der Waals surface area contributed by atoms with Crippen molar-refractivity contribution in [3.63, 3.8) is 0 Å². The third-order valence-electron chi connectivity index (χ3n) is 8.71. The van der Waals surface area contributed by atoms with Gasteiger partial charge in [-0.15, -0.1) is 11.3 Å². The molecule has 5 atom stereocenters. The van der Waals surface area contributed by atoms with Crippen LogP contribution in [-0.4, -0.2) is 39.3 Å². The van der Waals surface area contributed by atoms with Gasteiger partial charge in [-0.1, -0.05) is 6.92 Å². The standard InChI is InChI=1S/C29H35N5O3S/c1-14(2)37-22-9-20(31)17(12-30)7-21(22)34-27-25-18-5-4-16(8-23(18)38-28(25)33-13-32-27)26(36)19-11-29(19)10-15(3)6-24(29)35/h7,9,12-16,19,24,30,35H,4-6,8,10-11,31H2,1-3H3,(H,32,33,34)/p+1/t15?,16-,19?,24?,29?/m0/s1. The molecule has 200 valence electrons. The van der Waals surface area contributed by atoms with Crippen LogP contribution >= 0.6 is 11.3 Å². The number of thiophene rings is 1. The second-order valence-electron chi connectivity index (χ2n) is 11.7. The molecule has 3 aliphatic rings. The van der Waals surface area contributed by atoms with E-state index >= 15 is 0 Å². The maximum absolute atomic E-state index is 13.5. The number of ether oxygens (including phenoxy) is 1. The van der Waals surface area contributed by atoms with Gasteiger partial charge in [-0.2, -0.15) is 0 Å². The van der Waals surface area contributed by atoms with Crippen LogP contribution < -0.4 is 21.2 Å². The van der Waals surface area contributed by atoms with Crippen LogP contribution in [0.3, 0.4) is 0 Å². The zero-order chi connectivity index (χ0) is 26.8. The average Bonchev–Trinajstić information content (AvgIpc) is 3.35. The number of carbonyl (C=O) groups is 1. The number of nitrogens with one attached hydrogen (secondary N) is 1. The van der Waals surface area contributed by atoms with Crippen molar-refractivity contribution in [3.05, 3.63) is 34.5 Å². The zero-order valence-corrected chi connectivity index (χ0v) is 23.0. The minimum absolute atomic E-state index is 0.0122. The number of carbonyl (C=O) groups excluding carboxylic acids is 1. The molecule has 2 fully saturated rings. The Bertz CT molecular complexity index is 1440. The molecule has 2 heterocycles. The molecule has 4 unspecified atom stereocenters. The summed E-state index contributed by atoms with van der Waals surface area (Å²) in [5, 5.41) is 20.9. The average molecular weight is 535 g/mol. The van der Waals surface area contributed by atoms with Crippen LogP contribution in [0.4, 0.5) is 17.2 Å². The lowest BCUT2D eigenvalue weighted by atomic mass is 9.82. The van der Waals surface area contributed by atoms with E-state index in [1.54, 1.807) is 23.7 Å². The maximum Gasteiger partial charge on any atom is 0.169 e. The van der Waals surface area contributed by atoms with Gasteiger partial charge in [-0.3, -0.25) is 10.2 Å². The number of aromatic nitrogens is 2. The molecule has 1 aromatic carbocycles. The first-order chi connectivity index (χ1) is 18.2. The number of aliphatic hydroxyl groups is 1. The Kier molecular flexibility index (Phi) is 6.18. The number of rotatable bonds is 7. The van der Waals surface area contributed by atoms with Crippen molar-refractivity contribution in [2.45, 2.75) is 71.5 Å². The molecule has 0 aliphatic heterocycles. The highest BCUT2D eigenvalue weighted by Crippen LogP contribution is 2.65. The fraction of sp³-hybridized carbons (Fsp3) is 0.517. The quantitative estimate of drug-likeness (QED) is 0.269. The second kappa shape index (κ2) is 9.31. The van der Waals surface area contributed by atoms with Crippen LogP contribution in [0.25, 0.3) is 10.2 Å². The molecule has 38 heavy (non-hydrogen) atoms. The van der Waals surface area contributed by atoms with Crippen molar-refractivity contribution >= 4 is 50.7 Å². The van der Waals surface area contributed by atoms with Crippen molar-refractivity contribution in [3.8, 4) is 5.75 Å². The molecule has 9 heteroatoms. The highest BCUT2D eigenvalue weighted by Gasteiger charge is 2.65. The molecule has 6 rings (SSSR count). The van der Waals surface area contributed by atoms with Gasteiger partial charge in [0.25, 0.3) is 0 Å². The van der Waals surface area contributed by atoms with E-state index in [1.807, 2.05) is 19.9 Å². The molecule has 0 saturated heterocycles. The van der Waals surface area contributed by atoms with Gasteiger partial charge in [0.05, 0.1) is 28.8 Å². The number of benzene rings is 1. The predicted octanol–water partition coefficient (Wildman–Crippen LogP) is 3.45. The fourth-order valence-corrected chi connectivity index (χ4v) is 8.12. The molecular weight excluding hydrogens is 498 g/mol. The minimum atomic E-state index is -0.325. The predicted molar refractivity (Wildman–Crippen MR) is 150 cm³/mol. The number of hydrogen-bond acceptors (Lipinski definition) is 8. The minimum Gasteiger partial charge on any atom is -0.489 e. The first-order valence-corrected chi connectivity index (χ1v) is 14.4. The molecule has 2 aromatic heterocycles. The molecule has 3 aliphatic carbocycles. The number of aliphatic hydroxyl groups excluding tert-OH is 1. The number of hydrogen-bond donors (Lipinski definition) is 4. The van der Waals surface area contributed by atoms with Gasteiger partial charge in [0.15, 0.2) is 6.21 Å². The lowest BCUT2D eigenvalue weighted by molar-refractivity contribution is -0.125. The first kappa shape index (κ1) is 25.2. The van der Waals surface area contributed by atoms with E-state index < -0.39 is 0 Å². The van der Waals surface area contributed by atoms with E-state index in [-0.39, 0.29) is 29.5 Å². The lowest BCUT2D eigenvalue weighted by Crippen LogP contribution is -2.30. The van der Waals surface area contributed by atoms with Crippen LogP contribution in [0, 0.1) is 23.2 Å². The normalized spacial score (nSPS) is 28.0. The summed E-state index contributed by atoms with van der Waals surface area (Å²) in [6.45, 7) is 6.12. The molecule has 2 saturated carbocycles. The smallest absolute Gasteiger partial charge is 0.169 e. The third kappa shape index (κ3) is 4.16. The Morgan fingerprint density at radius 2 is 2.16 bits per heavy atom. The number of Topliss-reactive ketones (excluding diaryl/α,β-unsaturated/α-hetero) is 1. The van der Waals surface area contributed by atoms with Gasteiger partial charge >= 0.3 is 0 Å². The van der Waals surface area contributed by atoms with E-state index in [1.165, 1.54) is 16.7 Å². The summed E-state index contributed by atoms with van der Waals surface area (Å²) in [6, 6.07) is 3.66. The third-order valence-corrected chi connectivity index (χ3v) is 9.87. The summed E-state index contributed by atoms with van der Waals surface area (Å²) in [4.78, 5) is 24.8. The molecule has 0 bridgehead atoms. The van der Waals surface area contributed by atoms with E-state index in [9.17, 15) is 9.90 Å². The van der Waals surface area contributed by atoms with Gasteiger partial charge < -0.3 is 20.9 Å². The number of ketones is 1. The van der Waals surface area contributed by atoms with Gasteiger partial charge in [0.1, 0.15) is 28.5 Å². The summed E-state index contributed by atoms with van der Waals surface area (Å²) in [5.74, 6) is 2.24. The number of nitrogen functional groups attached to an aromatic ring is 1. The summed E-state index contributed by atoms with van der Waals surface area (Å²) < 4.78 is 6.03. The lowest BCUT2D eigenvalue weighted by Gasteiger charge is -2.23. The van der Waals surface area contributed by atoms with Crippen LogP contribution in [0.1, 0.15) is 62.5 Å². The van der Waals surface area contributed by atoms with E-state index in [0.717, 1.165) is 54.4 Å². The fourth-order valence-electron chi connectivity index (χ4n) is 6.85. The van der Waals surface area contributed by atoms with Crippen LogP contribution in [0.2, 0.25) is 0 Å². The maximum atomic E-state index is 13.5. The summed E-state index contributed by atoms with van der Waals surface area (Å²) in [5.41, 5.74) is 9.23. The highest BCUT2D eigenvalue weighted by atomic mass is 32.1. The molecule has 0 amide bonds. The van der Waals surface area contributed by atoms with Crippen molar-refractivity contribution in [2.75, 3.05) is 11.1 Å². The van der Waals surface area contributed by atoms with E-state index in [0.29, 0.717) is 34.5 Å². The van der Waals surface area contributed by atoms with Crippen LogP contribution in [-0.2, 0) is 17.6 Å². The van der Waals surface area contributed by atoms with Gasteiger partial charge in [-0.25, -0.2) is 9.97 Å². The highest BCUT2D eigenvalue weighted by molar-refractivity contribution is 7.19. The molecule has 0 radical (unpaired) electrons. The molecule has 8 nitrogen and oxygen atoms in total. The summed E-state index contributed by atoms with van der Waals surface area (Å²) in [7, 11) is 0. The number of aryl methyl sites for hydroxylation is 1. The molecule has 6 N–H and O–H groups in total. The number of anilines is 3. The molecule has 1 spiro atoms.